The number of aromatic nitrogens is 2. The molecule has 1 aliphatic carbocycles. The molecular weight excluding hydrogens is 399 g/mol. The number of thiophene rings is 1. The second-order valence-electron chi connectivity index (χ2n) is 6.23. The van der Waals surface area contributed by atoms with E-state index in [1.165, 1.54) is 4.88 Å². The van der Waals surface area contributed by atoms with E-state index in [-0.39, 0.29) is 11.2 Å². The average molecular weight is 413 g/mol. The number of nitriles is 1. The van der Waals surface area contributed by atoms with Crippen LogP contribution in [0.2, 0.25) is 5.28 Å². The van der Waals surface area contributed by atoms with Crippen molar-refractivity contribution in [2.45, 2.75) is 25.7 Å². The Hall–Kier alpha value is -2.82. The molecule has 1 aromatic carbocycles. The van der Waals surface area contributed by atoms with Crippen LogP contribution in [0.4, 0.5) is 9.39 Å². The highest BCUT2D eigenvalue weighted by molar-refractivity contribution is 7.16. The van der Waals surface area contributed by atoms with Crippen molar-refractivity contribution in [3.63, 3.8) is 0 Å². The minimum absolute atomic E-state index is 0.0974. The van der Waals surface area contributed by atoms with Crippen LogP contribution in [0.5, 0.6) is 11.6 Å². The first-order valence-corrected chi connectivity index (χ1v) is 9.88. The van der Waals surface area contributed by atoms with Crippen LogP contribution < -0.4 is 4.74 Å². The van der Waals surface area contributed by atoms with E-state index in [1.807, 2.05) is 6.07 Å². The molecule has 3 aromatic rings. The fourth-order valence-corrected chi connectivity index (χ4v) is 4.37. The number of ether oxygens (including phenoxy) is 1. The minimum Gasteiger partial charge on any atom is -0.436 e. The van der Waals surface area contributed by atoms with Crippen LogP contribution in [0.1, 0.15) is 34.4 Å². The number of aliphatic imine (C=N–C) groups is 1. The molecule has 8 heteroatoms. The van der Waals surface area contributed by atoms with Crippen molar-refractivity contribution in [3.8, 4) is 17.7 Å². The largest absolute Gasteiger partial charge is 0.436 e. The molecule has 2 aromatic heterocycles. The van der Waals surface area contributed by atoms with E-state index in [4.69, 9.17) is 16.3 Å². The highest BCUT2D eigenvalue weighted by Gasteiger charge is 2.20. The van der Waals surface area contributed by atoms with E-state index in [1.54, 1.807) is 35.8 Å². The fraction of sp³-hybridized carbons (Fsp3) is 0.200. The van der Waals surface area contributed by atoms with Crippen LogP contribution in [0.15, 0.2) is 35.5 Å². The zero-order valence-corrected chi connectivity index (χ0v) is 16.2. The molecule has 4 rings (SSSR count). The summed E-state index contributed by atoms with van der Waals surface area (Å²) in [5.74, 6) is -0.554. The van der Waals surface area contributed by atoms with Gasteiger partial charge in [-0.1, -0.05) is 12.1 Å². The van der Waals surface area contributed by atoms with Gasteiger partial charge in [-0.3, -0.25) is 0 Å². The highest BCUT2D eigenvalue weighted by Crippen LogP contribution is 2.39. The number of aryl methyl sites for hydroxylation is 1. The van der Waals surface area contributed by atoms with Crippen LogP contribution >= 0.6 is 22.9 Å². The monoisotopic (exact) mass is 412 g/mol. The van der Waals surface area contributed by atoms with Gasteiger partial charge in [0.2, 0.25) is 11.1 Å². The van der Waals surface area contributed by atoms with Crippen LogP contribution in [-0.2, 0) is 12.8 Å². The molecule has 0 atom stereocenters. The molecular formula is C20H14ClFN4OS. The maximum atomic E-state index is 13.8. The zero-order chi connectivity index (χ0) is 19.5. The maximum absolute atomic E-state index is 13.8. The van der Waals surface area contributed by atoms with Gasteiger partial charge in [0.05, 0.1) is 11.8 Å². The summed E-state index contributed by atoms with van der Waals surface area (Å²) in [6.07, 6.45) is 6.86. The Balaban J connectivity index is 1.58. The predicted octanol–water partition coefficient (Wildman–Crippen LogP) is 5.62. The predicted molar refractivity (Wildman–Crippen MR) is 106 cm³/mol. The number of hydrogen-bond donors (Lipinski definition) is 0. The third-order valence-corrected chi connectivity index (χ3v) is 5.73. The Kier molecular flexibility index (Phi) is 5.33. The van der Waals surface area contributed by atoms with Gasteiger partial charge in [0.15, 0.2) is 0 Å². The number of halogens is 2. The smallest absolute Gasteiger partial charge is 0.260 e. The van der Waals surface area contributed by atoms with E-state index in [9.17, 15) is 9.65 Å². The standard InChI is InChI=1S/C20H14ClFN4OS/c21-20-25-11-16(22)18(26-20)27-13-5-3-4-12(8-13)10-24-19-15(9-23)14-6-1-2-7-17(14)28-19/h3-5,8,10-11H,1-2,6-7H2. The number of fused-ring (bicyclic) bond motifs is 1. The average Bonchev–Trinajstić information content (AvgIpc) is 3.07. The zero-order valence-electron chi connectivity index (χ0n) is 14.7. The van der Waals surface area contributed by atoms with Gasteiger partial charge < -0.3 is 4.74 Å². The van der Waals surface area contributed by atoms with Crippen molar-refractivity contribution in [2.75, 3.05) is 0 Å². The Morgan fingerprint density at radius 1 is 1.32 bits per heavy atom. The molecule has 2 heterocycles. The van der Waals surface area contributed by atoms with E-state index in [0.29, 0.717) is 11.3 Å². The third kappa shape index (κ3) is 3.88. The highest BCUT2D eigenvalue weighted by atomic mass is 35.5. The number of benzene rings is 1. The van der Waals surface area contributed by atoms with E-state index >= 15 is 0 Å². The summed E-state index contributed by atoms with van der Waals surface area (Å²) in [5.41, 5.74) is 2.59. The number of hydrogen-bond acceptors (Lipinski definition) is 6. The summed E-state index contributed by atoms with van der Waals surface area (Å²) >= 11 is 7.27. The molecule has 28 heavy (non-hydrogen) atoms. The second-order valence-corrected chi connectivity index (χ2v) is 7.65. The fourth-order valence-electron chi connectivity index (χ4n) is 3.06. The molecule has 0 radical (unpaired) electrons. The molecule has 0 N–H and O–H groups in total. The Bertz CT molecular complexity index is 1110. The molecule has 0 amide bonds. The molecule has 0 saturated heterocycles. The topological polar surface area (TPSA) is 71.2 Å². The lowest BCUT2D eigenvalue weighted by Gasteiger charge is -2.09. The van der Waals surface area contributed by atoms with Crippen molar-refractivity contribution in [1.82, 2.24) is 9.97 Å². The maximum Gasteiger partial charge on any atom is 0.260 e. The first kappa shape index (κ1) is 18.5. The van der Waals surface area contributed by atoms with Crippen LogP contribution in [-0.4, -0.2) is 16.2 Å². The summed E-state index contributed by atoms with van der Waals surface area (Å²) in [5, 5.41) is 10.2. The van der Waals surface area contributed by atoms with Crippen LogP contribution in [0.3, 0.4) is 0 Å². The molecule has 1 aliphatic rings. The van der Waals surface area contributed by atoms with Gasteiger partial charge in [-0.2, -0.15) is 14.6 Å². The third-order valence-electron chi connectivity index (χ3n) is 4.35. The molecule has 0 saturated carbocycles. The molecule has 0 aliphatic heterocycles. The second kappa shape index (κ2) is 8.05. The van der Waals surface area contributed by atoms with Crippen LogP contribution in [0.25, 0.3) is 0 Å². The molecule has 0 fully saturated rings. The molecule has 5 nitrogen and oxygen atoms in total. The van der Waals surface area contributed by atoms with E-state index in [0.717, 1.165) is 48.0 Å². The van der Waals surface area contributed by atoms with E-state index in [2.05, 4.69) is 21.0 Å². The number of nitrogens with zero attached hydrogens (tertiary/aromatic N) is 4. The normalized spacial score (nSPS) is 13.3. The van der Waals surface area contributed by atoms with Gasteiger partial charge in [0.25, 0.3) is 5.88 Å². The first-order chi connectivity index (χ1) is 13.6. The SMILES string of the molecule is N#Cc1c(N=Cc2cccc(Oc3nc(Cl)ncc3F)c2)sc2c1CCCC2. The summed E-state index contributed by atoms with van der Waals surface area (Å²) < 4.78 is 19.2. The van der Waals surface area contributed by atoms with Gasteiger partial charge in [0, 0.05) is 11.1 Å². The summed E-state index contributed by atoms with van der Waals surface area (Å²) in [7, 11) is 0. The first-order valence-electron chi connectivity index (χ1n) is 8.68. The Labute approximate surface area is 170 Å². The van der Waals surface area contributed by atoms with Gasteiger partial charge >= 0.3 is 0 Å². The molecule has 0 bridgehead atoms. The Morgan fingerprint density at radius 2 is 2.18 bits per heavy atom. The van der Waals surface area contributed by atoms with Crippen molar-refractivity contribution in [1.29, 1.82) is 5.26 Å². The van der Waals surface area contributed by atoms with Gasteiger partial charge in [0.1, 0.15) is 16.8 Å². The quantitative estimate of drug-likeness (QED) is 0.411. The lowest BCUT2D eigenvalue weighted by Crippen LogP contribution is -1.99. The lowest BCUT2D eigenvalue weighted by molar-refractivity contribution is 0.420. The summed E-state index contributed by atoms with van der Waals surface area (Å²) in [6.45, 7) is 0. The van der Waals surface area contributed by atoms with Gasteiger partial charge in [-0.25, -0.2) is 9.98 Å². The molecule has 140 valence electrons. The number of rotatable bonds is 4. The summed E-state index contributed by atoms with van der Waals surface area (Å²) in [4.78, 5) is 13.1. The van der Waals surface area contributed by atoms with Gasteiger partial charge in [-0.15, -0.1) is 11.3 Å². The van der Waals surface area contributed by atoms with Crippen molar-refractivity contribution in [2.24, 2.45) is 4.99 Å². The lowest BCUT2D eigenvalue weighted by atomic mass is 9.96. The van der Waals surface area contributed by atoms with E-state index < -0.39 is 5.82 Å². The van der Waals surface area contributed by atoms with Gasteiger partial charge in [-0.05, 0) is 60.5 Å². The van der Waals surface area contributed by atoms with Crippen molar-refractivity contribution >= 4 is 34.2 Å². The minimum atomic E-state index is -0.703. The Morgan fingerprint density at radius 3 is 3.04 bits per heavy atom. The van der Waals surface area contributed by atoms with Crippen LogP contribution in [0, 0.1) is 17.1 Å². The summed E-state index contributed by atoms with van der Waals surface area (Å²) in [6, 6.07) is 9.30. The molecule has 0 unspecified atom stereocenters. The molecule has 0 spiro atoms. The van der Waals surface area contributed by atoms with Crippen molar-refractivity contribution in [3.05, 3.63) is 63.1 Å². The van der Waals surface area contributed by atoms with Crippen molar-refractivity contribution < 1.29 is 9.13 Å².